The summed E-state index contributed by atoms with van der Waals surface area (Å²) in [6.45, 7) is 2.92. The zero-order valence-electron chi connectivity index (χ0n) is 9.55. The molecular weight excluding hydrogens is 238 g/mol. The molecule has 1 unspecified atom stereocenters. The quantitative estimate of drug-likeness (QED) is 0.908. The van der Waals surface area contributed by atoms with Gasteiger partial charge < -0.3 is 5.11 Å². The second-order valence-electron chi connectivity index (χ2n) is 3.84. The molecule has 0 aromatic carbocycles. The van der Waals surface area contributed by atoms with Crippen molar-refractivity contribution >= 4 is 11.6 Å². The number of aromatic nitrogens is 3. The first-order valence-corrected chi connectivity index (χ1v) is 5.90. The Morgan fingerprint density at radius 2 is 2.29 bits per heavy atom. The van der Waals surface area contributed by atoms with E-state index in [0.29, 0.717) is 10.6 Å². The van der Waals surface area contributed by atoms with Crippen LogP contribution in [0.2, 0.25) is 5.02 Å². The van der Waals surface area contributed by atoms with E-state index in [1.54, 1.807) is 18.5 Å². The van der Waals surface area contributed by atoms with Crippen LogP contribution >= 0.6 is 11.6 Å². The van der Waals surface area contributed by atoms with E-state index in [1.165, 1.54) is 6.20 Å². The zero-order valence-corrected chi connectivity index (χ0v) is 10.3. The van der Waals surface area contributed by atoms with Crippen molar-refractivity contribution in [3.8, 4) is 0 Å². The topological polar surface area (TPSA) is 50.9 Å². The summed E-state index contributed by atoms with van der Waals surface area (Å²) in [6.07, 6.45) is 6.89. The molecule has 0 spiro atoms. The fourth-order valence-corrected chi connectivity index (χ4v) is 1.88. The third kappa shape index (κ3) is 2.65. The molecule has 0 amide bonds. The van der Waals surface area contributed by atoms with Gasteiger partial charge in [-0.15, -0.1) is 0 Å². The van der Waals surface area contributed by atoms with E-state index >= 15 is 0 Å². The third-order valence-corrected chi connectivity index (χ3v) is 2.84. The van der Waals surface area contributed by atoms with Gasteiger partial charge in [0.2, 0.25) is 0 Å². The van der Waals surface area contributed by atoms with Crippen LogP contribution in [-0.2, 0) is 6.54 Å². The maximum absolute atomic E-state index is 10.2. The van der Waals surface area contributed by atoms with Gasteiger partial charge >= 0.3 is 0 Å². The van der Waals surface area contributed by atoms with Gasteiger partial charge in [0.1, 0.15) is 6.10 Å². The predicted octanol–water partition coefficient (Wildman–Crippen LogP) is 2.42. The highest BCUT2D eigenvalue weighted by Crippen LogP contribution is 2.26. The molecule has 5 heteroatoms. The fourth-order valence-electron chi connectivity index (χ4n) is 1.66. The second-order valence-corrected chi connectivity index (χ2v) is 4.24. The number of rotatable bonds is 4. The first kappa shape index (κ1) is 12.1. The fraction of sp³-hybridized carbons (Fsp3) is 0.333. The van der Waals surface area contributed by atoms with Gasteiger partial charge in [-0.25, -0.2) is 0 Å². The van der Waals surface area contributed by atoms with Gasteiger partial charge in [0.25, 0.3) is 0 Å². The van der Waals surface area contributed by atoms with E-state index in [4.69, 9.17) is 11.6 Å². The summed E-state index contributed by atoms with van der Waals surface area (Å²) in [7, 11) is 0. The van der Waals surface area contributed by atoms with Gasteiger partial charge in [0, 0.05) is 36.3 Å². The Kier molecular flexibility index (Phi) is 3.76. The van der Waals surface area contributed by atoms with Gasteiger partial charge in [-0.2, -0.15) is 5.10 Å². The number of aliphatic hydroxyl groups is 1. The molecule has 2 aromatic rings. The lowest BCUT2D eigenvalue weighted by Crippen LogP contribution is -2.00. The first-order valence-electron chi connectivity index (χ1n) is 5.52. The van der Waals surface area contributed by atoms with Crippen molar-refractivity contribution in [3.63, 3.8) is 0 Å². The molecule has 0 fully saturated rings. The highest BCUT2D eigenvalue weighted by atomic mass is 35.5. The predicted molar refractivity (Wildman–Crippen MR) is 65.8 cm³/mol. The van der Waals surface area contributed by atoms with E-state index in [-0.39, 0.29) is 0 Å². The molecule has 0 radical (unpaired) electrons. The normalized spacial score (nSPS) is 12.6. The molecule has 4 nitrogen and oxygen atoms in total. The van der Waals surface area contributed by atoms with Gasteiger partial charge in [-0.1, -0.05) is 18.5 Å². The Hall–Kier alpha value is -1.39. The van der Waals surface area contributed by atoms with Crippen molar-refractivity contribution in [1.82, 2.24) is 14.8 Å². The zero-order chi connectivity index (χ0) is 12.3. The molecule has 0 aliphatic rings. The van der Waals surface area contributed by atoms with Gasteiger partial charge in [-0.05, 0) is 12.5 Å². The second kappa shape index (κ2) is 5.29. The minimum absolute atomic E-state index is 0.461. The van der Waals surface area contributed by atoms with Crippen LogP contribution in [-0.4, -0.2) is 19.9 Å². The Labute approximate surface area is 105 Å². The van der Waals surface area contributed by atoms with E-state index in [9.17, 15) is 5.11 Å². The smallest absolute Gasteiger partial charge is 0.109 e. The number of aryl methyl sites for hydroxylation is 1. The van der Waals surface area contributed by atoms with Crippen LogP contribution in [0.3, 0.4) is 0 Å². The molecule has 2 heterocycles. The number of hydrogen-bond donors (Lipinski definition) is 1. The molecule has 0 saturated carbocycles. The van der Waals surface area contributed by atoms with Crippen LogP contribution in [0.1, 0.15) is 30.6 Å². The molecule has 0 saturated heterocycles. The summed E-state index contributed by atoms with van der Waals surface area (Å²) in [6, 6.07) is 1.71. The van der Waals surface area contributed by atoms with Gasteiger partial charge in [-0.3, -0.25) is 9.67 Å². The molecular formula is C12H14ClN3O. The molecule has 0 bridgehead atoms. The summed E-state index contributed by atoms with van der Waals surface area (Å²) in [5.74, 6) is 0. The number of halogens is 1. The minimum Gasteiger partial charge on any atom is -0.383 e. The van der Waals surface area contributed by atoms with Crippen LogP contribution in [0.15, 0.2) is 30.9 Å². The minimum atomic E-state index is -0.754. The highest BCUT2D eigenvalue weighted by Gasteiger charge is 2.15. The van der Waals surface area contributed by atoms with Crippen LogP contribution in [0.4, 0.5) is 0 Å². The van der Waals surface area contributed by atoms with Crippen molar-refractivity contribution < 1.29 is 5.11 Å². The number of aliphatic hydroxyl groups excluding tert-OH is 1. The summed E-state index contributed by atoms with van der Waals surface area (Å²) in [5.41, 5.74) is 1.39. The lowest BCUT2D eigenvalue weighted by atomic mass is 10.1. The van der Waals surface area contributed by atoms with E-state index in [0.717, 1.165) is 18.5 Å². The Morgan fingerprint density at radius 3 is 3.00 bits per heavy atom. The Balaban J connectivity index is 2.24. The maximum atomic E-state index is 10.2. The molecule has 0 aliphatic carbocycles. The number of hydrogen-bond acceptors (Lipinski definition) is 3. The van der Waals surface area contributed by atoms with Gasteiger partial charge in [0.15, 0.2) is 0 Å². The average molecular weight is 252 g/mol. The summed E-state index contributed by atoms with van der Waals surface area (Å²) in [4.78, 5) is 3.89. The molecule has 1 N–H and O–H groups in total. The largest absolute Gasteiger partial charge is 0.383 e. The summed E-state index contributed by atoms with van der Waals surface area (Å²) in [5, 5.41) is 14.8. The lowest BCUT2D eigenvalue weighted by molar-refractivity contribution is 0.220. The molecule has 1 atom stereocenters. The monoisotopic (exact) mass is 251 g/mol. The third-order valence-electron chi connectivity index (χ3n) is 2.52. The number of nitrogens with zero attached hydrogens (tertiary/aromatic N) is 3. The average Bonchev–Trinajstić information content (AvgIpc) is 2.78. The van der Waals surface area contributed by atoms with Gasteiger partial charge in [0.05, 0.1) is 11.2 Å². The SMILES string of the molecule is CCCn1cc(C(O)c2ccncc2Cl)cn1. The van der Waals surface area contributed by atoms with E-state index in [1.807, 2.05) is 10.9 Å². The Morgan fingerprint density at radius 1 is 1.47 bits per heavy atom. The van der Waals surface area contributed by atoms with Crippen LogP contribution in [0, 0.1) is 0 Å². The molecule has 2 aromatic heterocycles. The standard InChI is InChI=1S/C12H14ClN3O/c1-2-5-16-8-9(6-15-16)12(17)10-3-4-14-7-11(10)13/h3-4,6-8,12,17H,2,5H2,1H3. The molecule has 0 aliphatic heterocycles. The Bertz CT molecular complexity index is 498. The molecule has 90 valence electrons. The maximum Gasteiger partial charge on any atom is 0.109 e. The van der Waals surface area contributed by atoms with Crippen LogP contribution in [0.5, 0.6) is 0 Å². The lowest BCUT2D eigenvalue weighted by Gasteiger charge is -2.09. The van der Waals surface area contributed by atoms with Crippen LogP contribution < -0.4 is 0 Å². The van der Waals surface area contributed by atoms with Crippen molar-refractivity contribution in [2.45, 2.75) is 26.0 Å². The summed E-state index contributed by atoms with van der Waals surface area (Å²) >= 11 is 5.99. The molecule has 17 heavy (non-hydrogen) atoms. The highest BCUT2D eigenvalue weighted by molar-refractivity contribution is 6.31. The van der Waals surface area contributed by atoms with Crippen molar-refractivity contribution in [3.05, 3.63) is 47.0 Å². The molecule has 2 rings (SSSR count). The van der Waals surface area contributed by atoms with Crippen LogP contribution in [0.25, 0.3) is 0 Å². The number of pyridine rings is 1. The van der Waals surface area contributed by atoms with E-state index < -0.39 is 6.10 Å². The summed E-state index contributed by atoms with van der Waals surface area (Å²) < 4.78 is 1.81. The van der Waals surface area contributed by atoms with E-state index in [2.05, 4.69) is 17.0 Å². The van der Waals surface area contributed by atoms with Crippen molar-refractivity contribution in [1.29, 1.82) is 0 Å². The van der Waals surface area contributed by atoms with Crippen molar-refractivity contribution in [2.24, 2.45) is 0 Å². The van der Waals surface area contributed by atoms with Crippen molar-refractivity contribution in [2.75, 3.05) is 0 Å². The first-order chi connectivity index (χ1) is 8.22.